The summed E-state index contributed by atoms with van der Waals surface area (Å²) in [4.78, 5) is 4.08. The van der Waals surface area contributed by atoms with Gasteiger partial charge in [-0.1, -0.05) is 13.8 Å². The van der Waals surface area contributed by atoms with Crippen molar-refractivity contribution in [3.63, 3.8) is 0 Å². The molecule has 1 aliphatic carbocycles. The summed E-state index contributed by atoms with van der Waals surface area (Å²) in [5, 5.41) is 0. The highest BCUT2D eigenvalue weighted by atomic mass is 16.3. The summed E-state index contributed by atoms with van der Waals surface area (Å²) in [6, 6.07) is 0.0382. The molecule has 11 heavy (non-hydrogen) atoms. The predicted octanol–water partition coefficient (Wildman–Crippen LogP) is 1.26. The number of fused-ring (bicyclic) bond motifs is 1. The fourth-order valence-corrected chi connectivity index (χ4v) is 1.56. The number of aromatic nitrogens is 1. The Hall–Kier alpha value is -0.830. The largest absolute Gasteiger partial charge is 0.448 e. The number of oxazole rings is 1. The van der Waals surface area contributed by atoms with Gasteiger partial charge in [-0.3, -0.25) is 0 Å². The van der Waals surface area contributed by atoms with Crippen molar-refractivity contribution in [3.05, 3.63) is 17.8 Å². The van der Waals surface area contributed by atoms with Crippen LogP contribution in [0.3, 0.4) is 0 Å². The van der Waals surface area contributed by atoms with Crippen molar-refractivity contribution in [1.82, 2.24) is 4.98 Å². The lowest BCUT2D eigenvalue weighted by atomic mass is 9.87. The summed E-state index contributed by atoms with van der Waals surface area (Å²) in [6.45, 7) is 4.27. The third-order valence-electron chi connectivity index (χ3n) is 2.43. The van der Waals surface area contributed by atoms with Crippen LogP contribution in [-0.2, 0) is 6.42 Å². The zero-order valence-electron chi connectivity index (χ0n) is 6.79. The van der Waals surface area contributed by atoms with E-state index in [9.17, 15) is 0 Å². The van der Waals surface area contributed by atoms with Gasteiger partial charge in [-0.25, -0.2) is 4.98 Å². The van der Waals surface area contributed by atoms with Crippen molar-refractivity contribution in [2.75, 3.05) is 0 Å². The Bertz CT molecular complexity index is 277. The molecule has 0 fully saturated rings. The van der Waals surface area contributed by atoms with Gasteiger partial charge in [-0.05, 0) is 5.41 Å². The van der Waals surface area contributed by atoms with E-state index in [0.717, 1.165) is 17.9 Å². The number of hydrogen-bond acceptors (Lipinski definition) is 3. The molecule has 0 aliphatic heterocycles. The van der Waals surface area contributed by atoms with Crippen LogP contribution in [0.25, 0.3) is 0 Å². The van der Waals surface area contributed by atoms with E-state index in [-0.39, 0.29) is 11.5 Å². The average molecular weight is 152 g/mol. The van der Waals surface area contributed by atoms with Crippen LogP contribution in [0.4, 0.5) is 0 Å². The fraction of sp³-hybridized carbons (Fsp3) is 0.625. The predicted molar refractivity (Wildman–Crippen MR) is 40.9 cm³/mol. The Labute approximate surface area is 65.6 Å². The third kappa shape index (κ3) is 0.807. The van der Waals surface area contributed by atoms with Crippen molar-refractivity contribution in [2.24, 2.45) is 11.1 Å². The maximum absolute atomic E-state index is 5.95. The molecule has 0 saturated heterocycles. The van der Waals surface area contributed by atoms with Crippen LogP contribution in [0.1, 0.15) is 31.3 Å². The molecule has 1 aliphatic rings. The second-order valence-electron chi connectivity index (χ2n) is 3.80. The summed E-state index contributed by atoms with van der Waals surface area (Å²) in [5.74, 6) is 0.961. The molecule has 2 N–H and O–H groups in total. The SMILES string of the molecule is CC1(C)Cc2ocnc2[C@H]1N. The third-order valence-corrected chi connectivity index (χ3v) is 2.43. The highest BCUT2D eigenvalue weighted by molar-refractivity contribution is 5.23. The van der Waals surface area contributed by atoms with Gasteiger partial charge in [-0.15, -0.1) is 0 Å². The molecular weight excluding hydrogens is 140 g/mol. The molecular formula is C8H12N2O. The van der Waals surface area contributed by atoms with Gasteiger partial charge in [0.1, 0.15) is 5.76 Å². The quantitative estimate of drug-likeness (QED) is 0.608. The van der Waals surface area contributed by atoms with Crippen molar-refractivity contribution in [3.8, 4) is 0 Å². The molecule has 1 atom stereocenters. The Morgan fingerprint density at radius 2 is 2.45 bits per heavy atom. The van der Waals surface area contributed by atoms with Crippen LogP contribution in [0.5, 0.6) is 0 Å². The minimum Gasteiger partial charge on any atom is -0.448 e. The molecule has 0 aromatic carbocycles. The topological polar surface area (TPSA) is 52.0 Å². The molecule has 0 spiro atoms. The van der Waals surface area contributed by atoms with Gasteiger partial charge in [0.05, 0.1) is 11.7 Å². The second kappa shape index (κ2) is 1.85. The van der Waals surface area contributed by atoms with Gasteiger partial charge in [-0.2, -0.15) is 0 Å². The van der Waals surface area contributed by atoms with Crippen LogP contribution in [0.2, 0.25) is 0 Å². The van der Waals surface area contributed by atoms with Crippen molar-refractivity contribution in [2.45, 2.75) is 26.3 Å². The van der Waals surface area contributed by atoms with E-state index in [2.05, 4.69) is 18.8 Å². The summed E-state index contributed by atoms with van der Waals surface area (Å²) in [6.07, 6.45) is 2.38. The highest BCUT2D eigenvalue weighted by Crippen LogP contribution is 2.42. The smallest absolute Gasteiger partial charge is 0.181 e. The zero-order chi connectivity index (χ0) is 8.06. The molecule has 0 radical (unpaired) electrons. The molecule has 3 nitrogen and oxygen atoms in total. The first kappa shape index (κ1) is 6.85. The van der Waals surface area contributed by atoms with E-state index in [0.29, 0.717) is 0 Å². The molecule has 1 aromatic rings. The summed E-state index contributed by atoms with van der Waals surface area (Å²) >= 11 is 0. The van der Waals surface area contributed by atoms with Crippen LogP contribution in [0.15, 0.2) is 10.8 Å². The van der Waals surface area contributed by atoms with Crippen LogP contribution >= 0.6 is 0 Å². The van der Waals surface area contributed by atoms with Gasteiger partial charge in [0.2, 0.25) is 0 Å². The van der Waals surface area contributed by atoms with E-state index < -0.39 is 0 Å². The lowest BCUT2D eigenvalue weighted by molar-refractivity contribution is 0.300. The first-order valence-electron chi connectivity index (χ1n) is 3.79. The summed E-state index contributed by atoms with van der Waals surface area (Å²) in [5.41, 5.74) is 7.00. The van der Waals surface area contributed by atoms with Gasteiger partial charge < -0.3 is 10.2 Å². The lowest BCUT2D eigenvalue weighted by Crippen LogP contribution is -2.25. The van der Waals surface area contributed by atoms with E-state index >= 15 is 0 Å². The Morgan fingerprint density at radius 1 is 1.73 bits per heavy atom. The lowest BCUT2D eigenvalue weighted by Gasteiger charge is -2.22. The highest BCUT2D eigenvalue weighted by Gasteiger charge is 2.39. The number of nitrogens with zero attached hydrogens (tertiary/aromatic N) is 1. The minimum atomic E-state index is 0.0382. The van der Waals surface area contributed by atoms with Crippen molar-refractivity contribution < 1.29 is 4.42 Å². The zero-order valence-corrected chi connectivity index (χ0v) is 6.79. The summed E-state index contributed by atoms with van der Waals surface area (Å²) in [7, 11) is 0. The maximum atomic E-state index is 5.95. The van der Waals surface area contributed by atoms with Gasteiger partial charge in [0, 0.05) is 6.42 Å². The molecule has 1 heterocycles. The molecule has 60 valence electrons. The van der Waals surface area contributed by atoms with Crippen LogP contribution in [0, 0.1) is 5.41 Å². The van der Waals surface area contributed by atoms with Gasteiger partial charge in [0.15, 0.2) is 6.39 Å². The molecule has 3 heteroatoms. The molecule has 1 aromatic heterocycles. The van der Waals surface area contributed by atoms with Gasteiger partial charge >= 0.3 is 0 Å². The van der Waals surface area contributed by atoms with Crippen LogP contribution in [-0.4, -0.2) is 4.98 Å². The first-order chi connectivity index (χ1) is 5.11. The monoisotopic (exact) mass is 152 g/mol. The molecule has 2 rings (SSSR count). The van der Waals surface area contributed by atoms with E-state index in [4.69, 9.17) is 10.2 Å². The van der Waals surface area contributed by atoms with Gasteiger partial charge in [0.25, 0.3) is 0 Å². The van der Waals surface area contributed by atoms with Crippen LogP contribution < -0.4 is 5.73 Å². The second-order valence-corrected chi connectivity index (χ2v) is 3.80. The minimum absolute atomic E-state index is 0.0382. The van der Waals surface area contributed by atoms with E-state index in [1.807, 2.05) is 0 Å². The normalized spacial score (nSPS) is 27.0. The molecule has 0 unspecified atom stereocenters. The Balaban J connectivity index is 2.45. The molecule has 0 amide bonds. The molecule has 0 bridgehead atoms. The number of rotatable bonds is 0. The Kier molecular flexibility index (Phi) is 1.16. The summed E-state index contributed by atoms with van der Waals surface area (Å²) < 4.78 is 5.19. The standard InChI is InChI=1S/C8H12N2O/c1-8(2)3-5-6(7(8)9)10-4-11-5/h4,7H,3,9H2,1-2H3/t7-/m1/s1. The fourth-order valence-electron chi connectivity index (χ4n) is 1.56. The molecule has 0 saturated carbocycles. The van der Waals surface area contributed by atoms with E-state index in [1.165, 1.54) is 6.39 Å². The number of hydrogen-bond donors (Lipinski definition) is 1. The van der Waals surface area contributed by atoms with Crippen molar-refractivity contribution >= 4 is 0 Å². The average Bonchev–Trinajstić information content (AvgIpc) is 2.39. The maximum Gasteiger partial charge on any atom is 0.181 e. The number of nitrogens with two attached hydrogens (primary N) is 1. The van der Waals surface area contributed by atoms with Crippen molar-refractivity contribution in [1.29, 1.82) is 0 Å². The van der Waals surface area contributed by atoms with E-state index in [1.54, 1.807) is 0 Å². The first-order valence-corrected chi connectivity index (χ1v) is 3.79. The Morgan fingerprint density at radius 3 is 3.09 bits per heavy atom.